The minimum absolute atomic E-state index is 0.0000463. The van der Waals surface area contributed by atoms with Gasteiger partial charge in [0, 0.05) is 10.6 Å². The Morgan fingerprint density at radius 1 is 1.09 bits per heavy atom. The predicted octanol–water partition coefficient (Wildman–Crippen LogP) is 1.79. The lowest BCUT2D eigenvalue weighted by atomic mass is 10.1. The van der Waals surface area contributed by atoms with Crippen molar-refractivity contribution in [3.8, 4) is 0 Å². The summed E-state index contributed by atoms with van der Waals surface area (Å²) in [7, 11) is -4.08. The van der Waals surface area contributed by atoms with E-state index in [1.165, 1.54) is 36.4 Å². The highest BCUT2D eigenvalue weighted by Gasteiger charge is 2.42. The van der Waals surface area contributed by atoms with Crippen LogP contribution >= 0.6 is 11.6 Å². The Kier molecular flexibility index (Phi) is 3.19. The van der Waals surface area contributed by atoms with Gasteiger partial charge in [0.1, 0.15) is 4.90 Å². The van der Waals surface area contributed by atoms with Gasteiger partial charge in [-0.15, -0.1) is 0 Å². The summed E-state index contributed by atoms with van der Waals surface area (Å²) in [6.07, 6.45) is 0. The van der Waals surface area contributed by atoms with Gasteiger partial charge >= 0.3 is 0 Å². The van der Waals surface area contributed by atoms with Crippen molar-refractivity contribution < 1.29 is 18.0 Å². The number of sulfonamides is 1. The van der Waals surface area contributed by atoms with E-state index in [-0.39, 0.29) is 21.7 Å². The van der Waals surface area contributed by atoms with E-state index in [1.807, 2.05) is 0 Å². The third kappa shape index (κ3) is 2.06. The first-order valence-electron chi connectivity index (χ1n) is 6.11. The first kappa shape index (κ1) is 14.6. The molecule has 0 radical (unpaired) electrons. The van der Waals surface area contributed by atoms with Gasteiger partial charge in [-0.25, -0.2) is 8.42 Å². The summed E-state index contributed by atoms with van der Waals surface area (Å²) in [5.41, 5.74) is 5.34. The first-order valence-corrected chi connectivity index (χ1v) is 7.93. The van der Waals surface area contributed by atoms with E-state index in [2.05, 4.69) is 0 Å². The number of hydrogen-bond acceptors (Lipinski definition) is 4. The van der Waals surface area contributed by atoms with E-state index in [1.54, 1.807) is 0 Å². The first-order chi connectivity index (χ1) is 10.3. The molecule has 0 bridgehead atoms. The van der Waals surface area contributed by atoms with Gasteiger partial charge < -0.3 is 5.73 Å². The minimum Gasteiger partial charge on any atom is -0.366 e. The number of rotatable bonds is 2. The number of benzene rings is 2. The second kappa shape index (κ2) is 4.82. The average molecular weight is 337 g/mol. The molecule has 0 saturated carbocycles. The minimum atomic E-state index is -4.08. The Morgan fingerprint density at radius 2 is 1.73 bits per heavy atom. The summed E-state index contributed by atoms with van der Waals surface area (Å²) >= 11 is 5.77. The maximum atomic E-state index is 12.6. The molecule has 0 spiro atoms. The van der Waals surface area contributed by atoms with Gasteiger partial charge in [0.05, 0.1) is 11.3 Å². The zero-order valence-corrected chi connectivity index (χ0v) is 12.6. The van der Waals surface area contributed by atoms with Crippen LogP contribution in [0.25, 0.3) is 0 Å². The van der Waals surface area contributed by atoms with Crippen LogP contribution in [-0.4, -0.2) is 20.2 Å². The molecule has 0 aromatic heterocycles. The molecule has 1 aliphatic heterocycles. The zero-order chi connectivity index (χ0) is 16.1. The van der Waals surface area contributed by atoms with Crippen LogP contribution in [0.15, 0.2) is 47.4 Å². The molecule has 112 valence electrons. The number of carbonyl (C=O) groups is 2. The van der Waals surface area contributed by atoms with Crippen molar-refractivity contribution in [3.63, 3.8) is 0 Å². The second-order valence-corrected chi connectivity index (χ2v) is 6.82. The Morgan fingerprint density at radius 3 is 2.32 bits per heavy atom. The van der Waals surface area contributed by atoms with Gasteiger partial charge in [0.15, 0.2) is 0 Å². The van der Waals surface area contributed by atoms with Crippen molar-refractivity contribution in [3.05, 3.63) is 58.6 Å². The Bertz CT molecular complexity index is 907. The third-order valence-electron chi connectivity index (χ3n) is 3.26. The van der Waals surface area contributed by atoms with Crippen LogP contribution in [0, 0.1) is 0 Å². The van der Waals surface area contributed by atoms with E-state index >= 15 is 0 Å². The maximum Gasteiger partial charge on any atom is 0.273 e. The molecule has 2 aromatic carbocycles. The Hall–Kier alpha value is -2.38. The molecule has 2 N–H and O–H groups in total. The number of fused-ring (bicyclic) bond motifs is 1. The van der Waals surface area contributed by atoms with Crippen molar-refractivity contribution >= 4 is 39.1 Å². The summed E-state index contributed by atoms with van der Waals surface area (Å²) in [5, 5.41) is 0.418. The molecule has 0 unspecified atom stereocenters. The van der Waals surface area contributed by atoms with Crippen molar-refractivity contribution in [2.75, 3.05) is 4.31 Å². The summed E-state index contributed by atoms with van der Waals surface area (Å²) < 4.78 is 25.8. The fraction of sp³-hybridized carbons (Fsp3) is 0. The van der Waals surface area contributed by atoms with Gasteiger partial charge in [-0.1, -0.05) is 11.6 Å². The van der Waals surface area contributed by atoms with Crippen LogP contribution in [0.1, 0.15) is 20.7 Å². The lowest BCUT2D eigenvalue weighted by Gasteiger charge is -2.14. The molecule has 8 heteroatoms. The van der Waals surface area contributed by atoms with E-state index < -0.39 is 21.8 Å². The lowest BCUT2D eigenvalue weighted by molar-refractivity contribution is 0.0991. The second-order valence-electron chi connectivity index (χ2n) is 4.63. The van der Waals surface area contributed by atoms with Crippen molar-refractivity contribution in [1.29, 1.82) is 0 Å². The van der Waals surface area contributed by atoms with Crippen molar-refractivity contribution in [2.45, 2.75) is 4.90 Å². The topological polar surface area (TPSA) is 97.5 Å². The number of carbonyl (C=O) groups excluding carboxylic acids is 2. The number of hydrogen-bond donors (Lipinski definition) is 1. The van der Waals surface area contributed by atoms with Crippen LogP contribution < -0.4 is 10.0 Å². The van der Waals surface area contributed by atoms with Gasteiger partial charge in [-0.05, 0) is 42.5 Å². The molecule has 0 aliphatic carbocycles. The van der Waals surface area contributed by atoms with Crippen LogP contribution in [0.4, 0.5) is 5.69 Å². The number of nitrogens with two attached hydrogens (primary N) is 1. The fourth-order valence-corrected chi connectivity index (χ4v) is 3.96. The van der Waals surface area contributed by atoms with Crippen LogP contribution in [0.5, 0.6) is 0 Å². The van der Waals surface area contributed by atoms with Gasteiger partial charge in [-0.3, -0.25) is 9.59 Å². The van der Waals surface area contributed by atoms with E-state index in [0.717, 1.165) is 6.07 Å². The SMILES string of the molecule is NC(=O)c1ccc2c(c1)S(=O)(=O)N(c1ccc(Cl)cc1)C2=O. The number of amides is 2. The van der Waals surface area contributed by atoms with Crippen molar-refractivity contribution in [1.82, 2.24) is 0 Å². The molecule has 1 heterocycles. The molecule has 6 nitrogen and oxygen atoms in total. The van der Waals surface area contributed by atoms with Crippen molar-refractivity contribution in [2.24, 2.45) is 5.73 Å². The molecule has 3 rings (SSSR count). The highest BCUT2D eigenvalue weighted by molar-refractivity contribution is 7.94. The smallest absolute Gasteiger partial charge is 0.273 e. The Balaban J connectivity index is 2.19. The summed E-state index contributed by atoms with van der Waals surface area (Å²) in [6.45, 7) is 0. The Labute approximate surface area is 131 Å². The van der Waals surface area contributed by atoms with Crippen LogP contribution in [0.2, 0.25) is 5.02 Å². The monoisotopic (exact) mass is 336 g/mol. The fourth-order valence-electron chi connectivity index (χ4n) is 2.22. The van der Waals surface area contributed by atoms with Gasteiger partial charge in [0.2, 0.25) is 5.91 Å². The van der Waals surface area contributed by atoms with Gasteiger partial charge in [0.25, 0.3) is 15.9 Å². The lowest BCUT2D eigenvalue weighted by Crippen LogP contribution is -2.29. The molecule has 0 atom stereocenters. The average Bonchev–Trinajstić information content (AvgIpc) is 2.67. The maximum absolute atomic E-state index is 12.6. The molecule has 1 aliphatic rings. The van der Waals surface area contributed by atoms with Crippen LogP contribution in [-0.2, 0) is 10.0 Å². The third-order valence-corrected chi connectivity index (χ3v) is 5.26. The van der Waals surface area contributed by atoms with E-state index in [4.69, 9.17) is 17.3 Å². The molecule has 2 aromatic rings. The van der Waals surface area contributed by atoms with E-state index in [9.17, 15) is 18.0 Å². The summed E-state index contributed by atoms with van der Waals surface area (Å²) in [5.74, 6) is -1.45. The van der Waals surface area contributed by atoms with E-state index in [0.29, 0.717) is 9.33 Å². The van der Waals surface area contributed by atoms with Gasteiger partial charge in [-0.2, -0.15) is 4.31 Å². The summed E-state index contributed by atoms with van der Waals surface area (Å²) in [4.78, 5) is 23.3. The number of halogens is 1. The zero-order valence-electron chi connectivity index (χ0n) is 11.0. The molecular formula is C14H9ClN2O4S. The largest absolute Gasteiger partial charge is 0.366 e. The number of anilines is 1. The number of primary amides is 1. The molecular weight excluding hydrogens is 328 g/mol. The highest BCUT2D eigenvalue weighted by Crippen LogP contribution is 2.35. The normalized spacial score (nSPS) is 15.7. The molecule has 0 saturated heterocycles. The molecule has 22 heavy (non-hydrogen) atoms. The summed E-state index contributed by atoms with van der Waals surface area (Å²) in [6, 6.07) is 9.54. The highest BCUT2D eigenvalue weighted by atomic mass is 35.5. The molecule has 2 amide bonds. The predicted molar refractivity (Wildman–Crippen MR) is 80.4 cm³/mol. The standard InChI is InChI=1S/C14H9ClN2O4S/c15-9-2-4-10(5-3-9)17-14(19)11-6-1-8(13(16)18)7-12(11)22(17,20)21/h1-7H,(H2,16,18). The van der Waals surface area contributed by atoms with Crippen LogP contribution in [0.3, 0.4) is 0 Å². The number of nitrogens with zero attached hydrogens (tertiary/aromatic N) is 1. The quantitative estimate of drug-likeness (QED) is 0.903. The molecule has 0 fully saturated rings.